The van der Waals surface area contributed by atoms with Gasteiger partial charge in [0.2, 0.25) is 0 Å². The second kappa shape index (κ2) is 9.66. The lowest BCUT2D eigenvalue weighted by Gasteiger charge is -2.56. The molecule has 4 saturated carbocycles. The van der Waals surface area contributed by atoms with E-state index in [-0.39, 0.29) is 29.9 Å². The molecule has 4 nitrogen and oxygen atoms in total. The highest BCUT2D eigenvalue weighted by Crippen LogP contribution is 2.58. The Morgan fingerprint density at radius 1 is 0.921 bits per heavy atom. The Labute approximate surface area is 233 Å². The number of ether oxygens (including phenoxy) is 2. The van der Waals surface area contributed by atoms with Gasteiger partial charge in [-0.1, -0.05) is 50.2 Å². The van der Waals surface area contributed by atoms with Crippen molar-refractivity contribution in [3.63, 3.8) is 0 Å². The van der Waals surface area contributed by atoms with E-state index in [1.165, 1.54) is 10.8 Å². The zero-order chi connectivity index (χ0) is 26.8. The monoisotopic (exact) mass is 576 g/mol. The third kappa shape index (κ3) is 4.35. The van der Waals surface area contributed by atoms with Gasteiger partial charge in [0.25, 0.3) is 0 Å². The zero-order valence-electron chi connectivity index (χ0n) is 22.7. The molecule has 4 aliphatic carbocycles. The third-order valence-electron chi connectivity index (χ3n) is 9.73. The minimum Gasteiger partial charge on any atom is -0.462 e. The van der Waals surface area contributed by atoms with Gasteiger partial charge in [0, 0.05) is 10.0 Å². The van der Waals surface area contributed by atoms with E-state index in [4.69, 9.17) is 9.47 Å². The first-order valence-electron chi connectivity index (χ1n) is 14.2. The molecular weight excluding hydrogens is 540 g/mol. The zero-order valence-corrected chi connectivity index (χ0v) is 24.3. The molecule has 0 heterocycles. The highest BCUT2D eigenvalue weighted by Gasteiger charge is 2.57. The first kappa shape index (κ1) is 25.9. The smallest absolute Gasteiger partial charge is 0.310 e. The predicted octanol–water partition coefficient (Wildman–Crippen LogP) is 8.17. The summed E-state index contributed by atoms with van der Waals surface area (Å²) >= 11 is 3.86. The Bertz CT molecular complexity index is 1380. The maximum Gasteiger partial charge on any atom is 0.310 e. The highest BCUT2D eigenvalue weighted by molar-refractivity contribution is 9.10. The highest BCUT2D eigenvalue weighted by atomic mass is 79.9. The van der Waals surface area contributed by atoms with Gasteiger partial charge in [0.1, 0.15) is 11.7 Å². The molecule has 1 atom stereocenters. The molecule has 3 aromatic rings. The summed E-state index contributed by atoms with van der Waals surface area (Å²) in [4.78, 5) is 26.2. The van der Waals surface area contributed by atoms with Gasteiger partial charge >= 0.3 is 11.9 Å². The SMILES string of the molecule is CCC(C)C(=O)OC1C2CC3CC1CC(C2)C3C(=O)OC(C)(C)c1ccc2cc3ccccc3cc2c1Br. The Hall–Kier alpha value is -2.40. The summed E-state index contributed by atoms with van der Waals surface area (Å²) in [5.74, 6) is 1.18. The van der Waals surface area contributed by atoms with Crippen molar-refractivity contribution in [2.45, 2.75) is 71.5 Å². The van der Waals surface area contributed by atoms with Gasteiger partial charge in [-0.2, -0.15) is 0 Å². The molecule has 4 bridgehead atoms. The number of fused-ring (bicyclic) bond motifs is 2. The first-order chi connectivity index (χ1) is 18.2. The van der Waals surface area contributed by atoms with Crippen LogP contribution < -0.4 is 0 Å². The Morgan fingerprint density at radius 3 is 2.13 bits per heavy atom. The van der Waals surface area contributed by atoms with E-state index in [0.29, 0.717) is 23.7 Å². The molecule has 1 unspecified atom stereocenters. The number of hydrogen-bond acceptors (Lipinski definition) is 4. The normalized spacial score (nSPS) is 29.0. The summed E-state index contributed by atoms with van der Waals surface area (Å²) in [5.41, 5.74) is 0.216. The van der Waals surface area contributed by atoms with E-state index in [9.17, 15) is 9.59 Å². The van der Waals surface area contributed by atoms with Crippen LogP contribution in [0.25, 0.3) is 21.5 Å². The molecule has 3 aromatic carbocycles. The molecule has 0 saturated heterocycles. The summed E-state index contributed by atoms with van der Waals surface area (Å²) in [6, 6.07) is 17.0. The topological polar surface area (TPSA) is 52.6 Å². The van der Waals surface area contributed by atoms with Crippen LogP contribution in [0.1, 0.15) is 65.4 Å². The van der Waals surface area contributed by atoms with Gasteiger partial charge in [0.05, 0.1) is 11.8 Å². The quantitative estimate of drug-likeness (QED) is 0.219. The number of carbonyl (C=O) groups excluding carboxylic acids is 2. The molecule has 0 aromatic heterocycles. The summed E-state index contributed by atoms with van der Waals surface area (Å²) in [6.07, 6.45) is 4.66. The van der Waals surface area contributed by atoms with Crippen molar-refractivity contribution in [1.29, 1.82) is 0 Å². The summed E-state index contributed by atoms with van der Waals surface area (Å²) in [5, 5.41) is 4.68. The maximum absolute atomic E-state index is 13.7. The number of halogens is 1. The Balaban J connectivity index is 1.19. The van der Waals surface area contributed by atoms with E-state index < -0.39 is 5.60 Å². The Kier molecular flexibility index (Phi) is 6.57. The fraction of sp³-hybridized carbons (Fsp3) is 0.515. The van der Waals surface area contributed by atoms with Crippen LogP contribution in [0.5, 0.6) is 0 Å². The molecule has 0 aliphatic heterocycles. The van der Waals surface area contributed by atoms with Gasteiger partial charge in [-0.3, -0.25) is 9.59 Å². The van der Waals surface area contributed by atoms with Crippen molar-refractivity contribution in [3.05, 3.63) is 58.6 Å². The minimum atomic E-state index is -0.765. The van der Waals surface area contributed by atoms with Crippen molar-refractivity contribution in [2.75, 3.05) is 0 Å². The number of esters is 2. The van der Waals surface area contributed by atoms with Crippen LogP contribution in [-0.4, -0.2) is 18.0 Å². The first-order valence-corrected chi connectivity index (χ1v) is 15.0. The van der Waals surface area contributed by atoms with Crippen LogP contribution in [0, 0.1) is 35.5 Å². The van der Waals surface area contributed by atoms with Crippen molar-refractivity contribution in [2.24, 2.45) is 35.5 Å². The fourth-order valence-electron chi connectivity index (χ4n) is 7.64. The maximum atomic E-state index is 13.7. The largest absolute Gasteiger partial charge is 0.462 e. The lowest BCUT2D eigenvalue weighted by molar-refractivity contribution is -0.195. The summed E-state index contributed by atoms with van der Waals surface area (Å²) in [7, 11) is 0. The van der Waals surface area contributed by atoms with E-state index in [2.05, 4.69) is 64.5 Å². The lowest BCUT2D eigenvalue weighted by atomic mass is 9.50. The van der Waals surface area contributed by atoms with Crippen LogP contribution in [0.2, 0.25) is 0 Å². The van der Waals surface area contributed by atoms with E-state index in [1.54, 1.807) is 0 Å². The number of hydrogen-bond donors (Lipinski definition) is 0. The lowest BCUT2D eigenvalue weighted by Crippen LogP contribution is -2.56. The van der Waals surface area contributed by atoms with Crippen LogP contribution in [0.3, 0.4) is 0 Å². The molecule has 0 amide bonds. The molecule has 0 spiro atoms. The second-order valence-electron chi connectivity index (χ2n) is 12.5. The van der Waals surface area contributed by atoms with Gasteiger partial charge in [-0.25, -0.2) is 0 Å². The molecule has 4 fully saturated rings. The number of rotatable bonds is 6. The molecule has 7 rings (SSSR count). The van der Waals surface area contributed by atoms with Crippen molar-refractivity contribution < 1.29 is 19.1 Å². The third-order valence-corrected chi connectivity index (χ3v) is 10.6. The average molecular weight is 578 g/mol. The summed E-state index contributed by atoms with van der Waals surface area (Å²) < 4.78 is 13.4. The van der Waals surface area contributed by atoms with E-state index in [1.807, 2.05) is 27.7 Å². The van der Waals surface area contributed by atoms with Gasteiger partial charge < -0.3 is 9.47 Å². The summed E-state index contributed by atoms with van der Waals surface area (Å²) in [6.45, 7) is 7.97. The number of benzene rings is 3. The van der Waals surface area contributed by atoms with Crippen molar-refractivity contribution in [3.8, 4) is 0 Å². The molecule has 0 N–H and O–H groups in total. The van der Waals surface area contributed by atoms with E-state index in [0.717, 1.165) is 52.9 Å². The Morgan fingerprint density at radius 2 is 1.53 bits per heavy atom. The molecule has 5 heteroatoms. The van der Waals surface area contributed by atoms with Gasteiger partial charge in [0.15, 0.2) is 0 Å². The van der Waals surface area contributed by atoms with Crippen LogP contribution in [0.15, 0.2) is 53.0 Å². The average Bonchev–Trinajstić information content (AvgIpc) is 2.88. The van der Waals surface area contributed by atoms with Crippen molar-refractivity contribution >= 4 is 49.4 Å². The van der Waals surface area contributed by atoms with Crippen LogP contribution >= 0.6 is 15.9 Å². The molecule has 0 radical (unpaired) electrons. The standard InChI is InChI=1S/C33H37BrO4/c1-5-18(2)31(35)37-30-24-13-22-14-25(30)16-23(15-24)28(22)32(36)38-33(3,4)27-11-10-21-12-19-8-6-7-9-20(19)17-26(21)29(27)34/h6-12,17-18,22-25,28,30H,5,13-16H2,1-4H3. The van der Waals surface area contributed by atoms with E-state index >= 15 is 0 Å². The minimum absolute atomic E-state index is 0.0297. The number of carbonyl (C=O) groups is 2. The van der Waals surface area contributed by atoms with Gasteiger partial charge in [-0.05, 0) is 119 Å². The van der Waals surface area contributed by atoms with Crippen LogP contribution in [-0.2, 0) is 24.7 Å². The molecule has 4 aliphatic rings. The molecule has 38 heavy (non-hydrogen) atoms. The second-order valence-corrected chi connectivity index (χ2v) is 13.3. The molecule has 200 valence electrons. The molecular formula is C33H37BrO4. The van der Waals surface area contributed by atoms with Gasteiger partial charge in [-0.15, -0.1) is 0 Å². The predicted molar refractivity (Wildman–Crippen MR) is 154 cm³/mol. The van der Waals surface area contributed by atoms with Crippen molar-refractivity contribution in [1.82, 2.24) is 0 Å². The fourth-order valence-corrected chi connectivity index (χ4v) is 8.60. The van der Waals surface area contributed by atoms with Crippen LogP contribution in [0.4, 0.5) is 0 Å².